The molecule has 0 fully saturated rings. The average Bonchev–Trinajstić information content (AvgIpc) is 3.33. The van der Waals surface area contributed by atoms with Crippen LogP contribution in [0, 0.1) is 0 Å². The molecule has 0 heterocycles. The normalized spacial score (nSPS) is 14.2. The van der Waals surface area contributed by atoms with Crippen LogP contribution in [0.5, 0.6) is 0 Å². The molecule has 0 spiro atoms. The summed E-state index contributed by atoms with van der Waals surface area (Å²) < 4.78 is 23.7. The molecule has 71 heavy (non-hydrogen) atoms. The van der Waals surface area contributed by atoms with E-state index in [-0.39, 0.29) is 19.1 Å². The second-order valence-electron chi connectivity index (χ2n) is 22.1. The fraction of sp³-hybridized carbons (Fsp3) is 0.855. The SMILES string of the molecule is CCCCC/C=C\C/C=C\CCCCCCCCCCCC(=O)NC(COP(=O)(O)OCC[N+](C)(C)C)C(O)/C=C/CC/C=C/CCCCCCCCCCCCCCCCCCCCCCCCCC. The number of nitrogens with zero attached hydrogens (tertiary/aromatic N) is 1. The lowest BCUT2D eigenvalue weighted by molar-refractivity contribution is -0.870. The van der Waals surface area contributed by atoms with E-state index in [9.17, 15) is 19.4 Å². The van der Waals surface area contributed by atoms with Crippen LogP contribution in [0.1, 0.15) is 290 Å². The fourth-order valence-corrected chi connectivity index (χ4v) is 9.71. The minimum absolute atomic E-state index is 0.0547. The predicted molar refractivity (Wildman–Crippen MR) is 309 cm³/mol. The molecule has 0 radical (unpaired) electrons. The Balaban J connectivity index is 4.17. The van der Waals surface area contributed by atoms with Crippen molar-refractivity contribution in [2.75, 3.05) is 40.9 Å². The number of quaternary nitrogens is 1. The predicted octanol–water partition coefficient (Wildman–Crippen LogP) is 18.7. The summed E-state index contributed by atoms with van der Waals surface area (Å²) in [6.07, 6.45) is 70.9. The van der Waals surface area contributed by atoms with Gasteiger partial charge in [0.1, 0.15) is 13.2 Å². The molecule has 0 aliphatic rings. The van der Waals surface area contributed by atoms with Crippen LogP contribution >= 0.6 is 7.82 Å². The summed E-state index contributed by atoms with van der Waals surface area (Å²) in [6.45, 7) is 4.80. The number of hydrogen-bond donors (Lipinski definition) is 3. The first-order valence-corrected chi connectivity index (χ1v) is 32.0. The maximum atomic E-state index is 13.0. The molecule has 0 saturated heterocycles. The standard InChI is InChI=1S/C62H119N2O6P/c1-6-8-10-12-14-16-18-20-22-24-26-27-28-29-30-31-32-33-34-35-36-38-39-41-43-45-47-49-51-53-55-61(65)60(59-70-71(67,68)69-58-57-64(3,4)5)63-62(66)56-54-52-50-48-46-44-42-40-37-25-23-21-19-17-15-13-11-9-7-2/h15,17,21,23,45,47,53,55,60-61,65H,6-14,16,18-20,22,24-44,46,48-52,54,56-59H2,1-5H3,(H-,63,66,67,68)/p+1/b17-15-,23-21-,47-45+,55-53+. The molecule has 3 N–H and O–H groups in total. The van der Waals surface area contributed by atoms with E-state index < -0.39 is 20.0 Å². The molecular weight excluding hydrogens is 900 g/mol. The number of allylic oxidation sites excluding steroid dienone is 7. The van der Waals surface area contributed by atoms with E-state index in [2.05, 4.69) is 55.6 Å². The van der Waals surface area contributed by atoms with Crippen molar-refractivity contribution in [1.29, 1.82) is 0 Å². The highest BCUT2D eigenvalue weighted by Crippen LogP contribution is 2.43. The summed E-state index contributed by atoms with van der Waals surface area (Å²) in [5.74, 6) is -0.189. The highest BCUT2D eigenvalue weighted by molar-refractivity contribution is 7.47. The van der Waals surface area contributed by atoms with Crippen LogP contribution in [0.2, 0.25) is 0 Å². The van der Waals surface area contributed by atoms with Crippen LogP contribution < -0.4 is 5.32 Å². The van der Waals surface area contributed by atoms with Crippen LogP contribution in [0.15, 0.2) is 48.6 Å². The molecule has 0 aromatic carbocycles. The Kier molecular flexibility index (Phi) is 52.1. The molecule has 3 atom stereocenters. The zero-order valence-electron chi connectivity index (χ0n) is 47.7. The van der Waals surface area contributed by atoms with Crippen LogP contribution in [-0.2, 0) is 18.4 Å². The third-order valence-corrected chi connectivity index (χ3v) is 14.8. The Hall–Kier alpha value is -1.54. The van der Waals surface area contributed by atoms with Gasteiger partial charge >= 0.3 is 7.82 Å². The second-order valence-corrected chi connectivity index (χ2v) is 23.5. The zero-order valence-corrected chi connectivity index (χ0v) is 48.6. The Bertz CT molecular complexity index is 1290. The minimum atomic E-state index is -4.36. The number of amides is 1. The first kappa shape index (κ1) is 69.5. The zero-order chi connectivity index (χ0) is 52.0. The van der Waals surface area contributed by atoms with Crippen molar-refractivity contribution in [2.24, 2.45) is 0 Å². The summed E-state index contributed by atoms with van der Waals surface area (Å²) in [6, 6.07) is -0.868. The van der Waals surface area contributed by atoms with E-state index in [1.807, 2.05) is 27.2 Å². The number of rotatable bonds is 56. The lowest BCUT2D eigenvalue weighted by Crippen LogP contribution is -2.45. The molecule has 0 saturated carbocycles. The summed E-state index contributed by atoms with van der Waals surface area (Å²) in [5.41, 5.74) is 0. The molecule has 0 bridgehead atoms. The first-order valence-electron chi connectivity index (χ1n) is 30.5. The fourth-order valence-electron chi connectivity index (χ4n) is 8.97. The molecular formula is C62H120N2O6P+. The van der Waals surface area contributed by atoms with Gasteiger partial charge in [0.25, 0.3) is 0 Å². The number of likely N-dealkylation sites (N-methyl/N-ethyl adjacent to an activating group) is 1. The number of carbonyl (C=O) groups excluding carboxylic acids is 1. The lowest BCUT2D eigenvalue weighted by atomic mass is 10.0. The second kappa shape index (κ2) is 53.3. The van der Waals surface area contributed by atoms with E-state index in [1.165, 1.54) is 225 Å². The lowest BCUT2D eigenvalue weighted by Gasteiger charge is -2.25. The number of aliphatic hydroxyl groups excluding tert-OH is 1. The van der Waals surface area contributed by atoms with E-state index in [1.54, 1.807) is 6.08 Å². The molecule has 0 aliphatic carbocycles. The van der Waals surface area contributed by atoms with Gasteiger partial charge in [-0.2, -0.15) is 0 Å². The van der Waals surface area contributed by atoms with E-state index in [0.717, 1.165) is 44.9 Å². The number of carbonyl (C=O) groups is 1. The van der Waals surface area contributed by atoms with Crippen LogP contribution in [0.3, 0.4) is 0 Å². The molecule has 9 heteroatoms. The van der Waals surface area contributed by atoms with Crippen molar-refractivity contribution in [1.82, 2.24) is 5.32 Å². The molecule has 418 valence electrons. The Labute approximate surface area is 441 Å². The van der Waals surface area contributed by atoms with Crippen molar-refractivity contribution in [3.05, 3.63) is 48.6 Å². The van der Waals surface area contributed by atoms with Crippen molar-refractivity contribution in [2.45, 2.75) is 302 Å². The number of nitrogens with one attached hydrogen (secondary N) is 1. The summed E-state index contributed by atoms with van der Waals surface area (Å²) >= 11 is 0. The van der Waals surface area contributed by atoms with Crippen molar-refractivity contribution in [3.63, 3.8) is 0 Å². The molecule has 1 amide bonds. The monoisotopic (exact) mass is 1020 g/mol. The minimum Gasteiger partial charge on any atom is -0.387 e. The number of phosphoric ester groups is 1. The van der Waals surface area contributed by atoms with Crippen molar-refractivity contribution < 1.29 is 32.9 Å². The van der Waals surface area contributed by atoms with Gasteiger partial charge in [0.15, 0.2) is 0 Å². The van der Waals surface area contributed by atoms with Gasteiger partial charge in [0, 0.05) is 6.42 Å². The average molecular weight is 1020 g/mol. The van der Waals surface area contributed by atoms with E-state index in [4.69, 9.17) is 9.05 Å². The van der Waals surface area contributed by atoms with Crippen LogP contribution in [0.25, 0.3) is 0 Å². The number of unbranched alkanes of at least 4 members (excludes halogenated alkanes) is 37. The number of hydrogen-bond acceptors (Lipinski definition) is 5. The van der Waals surface area contributed by atoms with Gasteiger partial charge in [0.2, 0.25) is 5.91 Å². The molecule has 3 unspecified atom stereocenters. The van der Waals surface area contributed by atoms with E-state index >= 15 is 0 Å². The van der Waals surface area contributed by atoms with Gasteiger partial charge in [-0.15, -0.1) is 0 Å². The molecule has 8 nitrogen and oxygen atoms in total. The van der Waals surface area contributed by atoms with Gasteiger partial charge in [-0.05, 0) is 64.2 Å². The molecule has 0 rings (SSSR count). The third-order valence-electron chi connectivity index (χ3n) is 13.8. The van der Waals surface area contributed by atoms with Crippen LogP contribution in [-0.4, -0.2) is 73.4 Å². The largest absolute Gasteiger partial charge is 0.472 e. The van der Waals surface area contributed by atoms with Crippen LogP contribution in [0.4, 0.5) is 0 Å². The maximum absolute atomic E-state index is 13.0. The summed E-state index contributed by atoms with van der Waals surface area (Å²) in [5, 5.41) is 13.9. The number of phosphoric acid groups is 1. The van der Waals surface area contributed by atoms with Gasteiger partial charge in [-0.25, -0.2) is 4.57 Å². The first-order chi connectivity index (χ1) is 34.5. The summed E-state index contributed by atoms with van der Waals surface area (Å²) in [7, 11) is 1.56. The third kappa shape index (κ3) is 56.0. The van der Waals surface area contributed by atoms with Crippen molar-refractivity contribution >= 4 is 13.7 Å². The number of aliphatic hydroxyl groups is 1. The molecule has 0 aromatic heterocycles. The van der Waals surface area contributed by atoms with Crippen molar-refractivity contribution in [3.8, 4) is 0 Å². The summed E-state index contributed by atoms with van der Waals surface area (Å²) in [4.78, 5) is 23.3. The van der Waals surface area contributed by atoms with E-state index in [0.29, 0.717) is 17.4 Å². The topological polar surface area (TPSA) is 105 Å². The smallest absolute Gasteiger partial charge is 0.387 e. The maximum Gasteiger partial charge on any atom is 0.472 e. The Morgan fingerprint density at radius 3 is 1.24 bits per heavy atom. The highest BCUT2D eigenvalue weighted by Gasteiger charge is 2.27. The Morgan fingerprint density at radius 1 is 0.479 bits per heavy atom. The van der Waals surface area contributed by atoms with Gasteiger partial charge in [-0.1, -0.05) is 268 Å². The Morgan fingerprint density at radius 2 is 0.817 bits per heavy atom. The molecule has 0 aromatic rings. The van der Waals surface area contributed by atoms with Gasteiger partial charge < -0.3 is 19.8 Å². The quantitative estimate of drug-likeness (QED) is 0.0243. The van der Waals surface area contributed by atoms with Gasteiger partial charge in [-0.3, -0.25) is 13.8 Å². The highest BCUT2D eigenvalue weighted by atomic mass is 31.2. The van der Waals surface area contributed by atoms with Gasteiger partial charge in [0.05, 0.1) is 39.9 Å². The molecule has 0 aliphatic heterocycles.